The first-order chi connectivity index (χ1) is 13.8. The molecule has 6 nitrogen and oxygen atoms in total. The van der Waals surface area contributed by atoms with Crippen molar-refractivity contribution >= 4 is 5.96 Å². The van der Waals surface area contributed by atoms with Crippen LogP contribution in [0.5, 0.6) is 5.75 Å². The van der Waals surface area contributed by atoms with Crippen LogP contribution in [-0.2, 0) is 15.9 Å². The van der Waals surface area contributed by atoms with Gasteiger partial charge < -0.3 is 24.4 Å². The molecule has 0 saturated carbocycles. The van der Waals surface area contributed by atoms with Crippen LogP contribution >= 0.6 is 0 Å². The number of methoxy groups -OCH3 is 1. The molecule has 0 bridgehead atoms. The fraction of sp³-hybridized carbons (Fsp3) is 0.682. The first-order valence-corrected chi connectivity index (χ1v) is 10.6. The number of aliphatic imine (C=N–C) groups is 1. The summed E-state index contributed by atoms with van der Waals surface area (Å²) in [6.45, 7) is 9.96. The second-order valence-electron chi connectivity index (χ2n) is 6.93. The molecule has 1 aliphatic heterocycles. The standard InChI is InChI=1S/C22H37N3O3/c1-4-23-22(24-14-11-19-9-6-7-10-21(19)27-5-2)25-15-12-20(13-16-25)28-18-8-17-26-3/h6-7,9-10,20H,4-5,8,11-18H2,1-3H3,(H,23,24). The van der Waals surface area contributed by atoms with Gasteiger partial charge in [-0.2, -0.15) is 0 Å². The highest BCUT2D eigenvalue weighted by atomic mass is 16.5. The van der Waals surface area contributed by atoms with E-state index in [1.165, 1.54) is 5.56 Å². The van der Waals surface area contributed by atoms with Crippen LogP contribution < -0.4 is 10.1 Å². The summed E-state index contributed by atoms with van der Waals surface area (Å²) in [4.78, 5) is 7.22. The van der Waals surface area contributed by atoms with Crippen molar-refractivity contribution in [2.75, 3.05) is 53.1 Å². The van der Waals surface area contributed by atoms with Crippen molar-refractivity contribution in [1.29, 1.82) is 0 Å². The van der Waals surface area contributed by atoms with Crippen LogP contribution in [0.3, 0.4) is 0 Å². The highest BCUT2D eigenvalue weighted by Gasteiger charge is 2.21. The summed E-state index contributed by atoms with van der Waals surface area (Å²) in [5.74, 6) is 1.98. The zero-order valence-corrected chi connectivity index (χ0v) is 17.8. The Morgan fingerprint density at radius 1 is 1.18 bits per heavy atom. The van der Waals surface area contributed by atoms with E-state index in [-0.39, 0.29) is 0 Å². The maximum Gasteiger partial charge on any atom is 0.193 e. The molecule has 0 atom stereocenters. The summed E-state index contributed by atoms with van der Waals surface area (Å²) in [6, 6.07) is 8.23. The highest BCUT2D eigenvalue weighted by molar-refractivity contribution is 5.80. The molecule has 1 heterocycles. The van der Waals surface area contributed by atoms with Gasteiger partial charge in [-0.3, -0.25) is 4.99 Å². The molecule has 0 amide bonds. The Bertz CT molecular complexity index is 572. The molecule has 1 aromatic carbocycles. The van der Waals surface area contributed by atoms with Gasteiger partial charge in [0.2, 0.25) is 0 Å². The van der Waals surface area contributed by atoms with Crippen molar-refractivity contribution in [3.8, 4) is 5.75 Å². The second-order valence-corrected chi connectivity index (χ2v) is 6.93. The number of guanidine groups is 1. The summed E-state index contributed by atoms with van der Waals surface area (Å²) in [6.07, 6.45) is 4.29. The van der Waals surface area contributed by atoms with Crippen molar-refractivity contribution in [1.82, 2.24) is 10.2 Å². The molecule has 0 radical (unpaired) electrons. The molecule has 1 fully saturated rings. The Kier molecular flexibility index (Phi) is 10.8. The van der Waals surface area contributed by atoms with Crippen molar-refractivity contribution in [2.45, 2.75) is 45.6 Å². The molecule has 0 spiro atoms. The van der Waals surface area contributed by atoms with Crippen molar-refractivity contribution in [3.63, 3.8) is 0 Å². The van der Waals surface area contributed by atoms with Gasteiger partial charge >= 0.3 is 0 Å². The van der Waals surface area contributed by atoms with E-state index in [1.54, 1.807) is 7.11 Å². The lowest BCUT2D eigenvalue weighted by Gasteiger charge is -2.34. The van der Waals surface area contributed by atoms with E-state index in [1.807, 2.05) is 19.1 Å². The molecule has 0 aromatic heterocycles. The number of piperidine rings is 1. The first kappa shape index (κ1) is 22.5. The number of nitrogens with zero attached hydrogens (tertiary/aromatic N) is 2. The van der Waals surface area contributed by atoms with E-state index in [0.717, 1.165) is 76.8 Å². The minimum Gasteiger partial charge on any atom is -0.494 e. The van der Waals surface area contributed by atoms with Gasteiger partial charge in [-0.1, -0.05) is 18.2 Å². The zero-order chi connectivity index (χ0) is 20.0. The average Bonchev–Trinajstić information content (AvgIpc) is 2.72. The van der Waals surface area contributed by atoms with Gasteiger partial charge in [-0.15, -0.1) is 0 Å². The Morgan fingerprint density at radius 3 is 2.68 bits per heavy atom. The van der Waals surface area contributed by atoms with Crippen LogP contribution in [0.1, 0.15) is 38.7 Å². The lowest BCUT2D eigenvalue weighted by molar-refractivity contribution is 0.00991. The van der Waals surface area contributed by atoms with Crippen molar-refractivity contribution < 1.29 is 14.2 Å². The third-order valence-corrected chi connectivity index (χ3v) is 4.84. The van der Waals surface area contributed by atoms with Gasteiger partial charge in [0.15, 0.2) is 5.96 Å². The Morgan fingerprint density at radius 2 is 1.96 bits per heavy atom. The monoisotopic (exact) mass is 391 g/mol. The third kappa shape index (κ3) is 7.68. The molecule has 1 aromatic rings. The second kappa shape index (κ2) is 13.4. The topological polar surface area (TPSA) is 55.3 Å². The fourth-order valence-corrected chi connectivity index (χ4v) is 3.40. The van der Waals surface area contributed by atoms with E-state index >= 15 is 0 Å². The number of benzene rings is 1. The molecule has 0 aliphatic carbocycles. The lowest BCUT2D eigenvalue weighted by atomic mass is 10.1. The minimum absolute atomic E-state index is 0.356. The number of hydrogen-bond acceptors (Lipinski definition) is 4. The summed E-state index contributed by atoms with van der Waals surface area (Å²) in [5.41, 5.74) is 1.21. The lowest BCUT2D eigenvalue weighted by Crippen LogP contribution is -2.47. The molecule has 2 rings (SSSR count). The van der Waals surface area contributed by atoms with E-state index in [4.69, 9.17) is 19.2 Å². The quantitative estimate of drug-likeness (QED) is 0.357. The van der Waals surface area contributed by atoms with Gasteiger partial charge in [0.25, 0.3) is 0 Å². The van der Waals surface area contributed by atoms with Gasteiger partial charge in [-0.05, 0) is 51.2 Å². The summed E-state index contributed by atoms with van der Waals surface area (Å²) >= 11 is 0. The van der Waals surface area contributed by atoms with Crippen LogP contribution in [0.2, 0.25) is 0 Å². The van der Waals surface area contributed by atoms with Crippen LogP contribution in [0.15, 0.2) is 29.3 Å². The minimum atomic E-state index is 0.356. The third-order valence-electron chi connectivity index (χ3n) is 4.84. The number of likely N-dealkylation sites (tertiary alicyclic amines) is 1. The van der Waals surface area contributed by atoms with Crippen molar-refractivity contribution in [2.24, 2.45) is 4.99 Å². The van der Waals surface area contributed by atoms with E-state index in [0.29, 0.717) is 12.7 Å². The average molecular weight is 392 g/mol. The van der Waals surface area contributed by atoms with E-state index in [9.17, 15) is 0 Å². The molecule has 1 saturated heterocycles. The Labute approximate surface area is 170 Å². The molecule has 28 heavy (non-hydrogen) atoms. The smallest absolute Gasteiger partial charge is 0.193 e. The predicted octanol–water partition coefficient (Wildman–Crippen LogP) is 3.11. The van der Waals surface area contributed by atoms with Crippen LogP contribution in [0, 0.1) is 0 Å². The number of hydrogen-bond donors (Lipinski definition) is 1. The first-order valence-electron chi connectivity index (χ1n) is 10.6. The molecular formula is C22H37N3O3. The van der Waals surface area contributed by atoms with Crippen LogP contribution in [-0.4, -0.2) is 70.1 Å². The maximum absolute atomic E-state index is 5.97. The molecule has 1 aliphatic rings. The molecule has 0 unspecified atom stereocenters. The zero-order valence-electron chi connectivity index (χ0n) is 17.8. The fourth-order valence-electron chi connectivity index (χ4n) is 3.40. The van der Waals surface area contributed by atoms with Gasteiger partial charge in [-0.25, -0.2) is 0 Å². The number of para-hydroxylation sites is 1. The maximum atomic E-state index is 5.97. The predicted molar refractivity (Wildman–Crippen MR) is 114 cm³/mol. The van der Waals surface area contributed by atoms with Crippen molar-refractivity contribution in [3.05, 3.63) is 29.8 Å². The normalized spacial score (nSPS) is 15.7. The number of rotatable bonds is 11. The SMILES string of the molecule is CCNC(=NCCc1ccccc1OCC)N1CCC(OCCCOC)CC1. The summed E-state index contributed by atoms with van der Waals surface area (Å²) < 4.78 is 16.8. The van der Waals surface area contributed by atoms with E-state index in [2.05, 4.69) is 29.3 Å². The van der Waals surface area contributed by atoms with Gasteiger partial charge in [0.1, 0.15) is 5.75 Å². The largest absolute Gasteiger partial charge is 0.494 e. The summed E-state index contributed by atoms with van der Waals surface area (Å²) in [7, 11) is 1.73. The van der Waals surface area contributed by atoms with Gasteiger partial charge in [0.05, 0.1) is 12.7 Å². The van der Waals surface area contributed by atoms with Crippen LogP contribution in [0.4, 0.5) is 0 Å². The highest BCUT2D eigenvalue weighted by Crippen LogP contribution is 2.19. The number of nitrogens with one attached hydrogen (secondary N) is 1. The number of ether oxygens (including phenoxy) is 3. The molecular weight excluding hydrogens is 354 g/mol. The molecule has 6 heteroatoms. The molecule has 1 N–H and O–H groups in total. The van der Waals surface area contributed by atoms with E-state index < -0.39 is 0 Å². The Hall–Kier alpha value is -1.79. The van der Waals surface area contributed by atoms with Gasteiger partial charge in [0, 0.05) is 46.5 Å². The Balaban J connectivity index is 1.82. The van der Waals surface area contributed by atoms with Crippen LogP contribution in [0.25, 0.3) is 0 Å². The summed E-state index contributed by atoms with van der Waals surface area (Å²) in [5, 5.41) is 3.44. The molecule has 158 valence electrons.